The molecule has 1 aliphatic heterocycles. The Labute approximate surface area is 154 Å². The van der Waals surface area contributed by atoms with Crippen molar-refractivity contribution in [2.45, 2.75) is 17.9 Å². The summed E-state index contributed by atoms with van der Waals surface area (Å²) in [6.45, 7) is 2.05. The largest absolute Gasteiger partial charge is 0.356 e. The molecule has 1 aliphatic rings. The molecule has 2 aromatic rings. The topological polar surface area (TPSA) is 58.1 Å². The molecule has 0 unspecified atom stereocenters. The van der Waals surface area contributed by atoms with Crippen molar-refractivity contribution in [2.24, 2.45) is 0 Å². The van der Waals surface area contributed by atoms with E-state index in [4.69, 9.17) is 23.2 Å². The van der Waals surface area contributed by atoms with Crippen molar-refractivity contribution in [3.8, 4) is 0 Å². The Kier molecular flexibility index (Phi) is 5.81. The number of anilines is 2. The highest BCUT2D eigenvalue weighted by molar-refractivity contribution is 7.99. The number of carbonyl (C=O) groups is 1. The van der Waals surface area contributed by atoms with Gasteiger partial charge in [0.2, 0.25) is 5.91 Å². The summed E-state index contributed by atoms with van der Waals surface area (Å²) in [6, 6.07) is 6.87. The summed E-state index contributed by atoms with van der Waals surface area (Å²) >= 11 is 13.2. The summed E-state index contributed by atoms with van der Waals surface area (Å²) in [5.41, 5.74) is 0.582. The van der Waals surface area contributed by atoms with E-state index in [-0.39, 0.29) is 11.7 Å². The van der Waals surface area contributed by atoms with E-state index in [0.29, 0.717) is 15.7 Å². The van der Waals surface area contributed by atoms with Crippen LogP contribution in [0.25, 0.3) is 0 Å². The van der Waals surface area contributed by atoms with Crippen molar-refractivity contribution in [1.82, 2.24) is 9.97 Å². The monoisotopic (exact) mass is 382 g/mol. The number of carbonyl (C=O) groups excluding carboxylic acids is 1. The van der Waals surface area contributed by atoms with Gasteiger partial charge in [-0.05, 0) is 31.0 Å². The van der Waals surface area contributed by atoms with Crippen LogP contribution in [0.1, 0.15) is 12.8 Å². The smallest absolute Gasteiger partial charge is 0.234 e. The first-order valence-electron chi connectivity index (χ1n) is 7.56. The Morgan fingerprint density at radius 1 is 1.12 bits per heavy atom. The molecule has 0 aliphatic carbocycles. The van der Waals surface area contributed by atoms with E-state index in [9.17, 15) is 4.79 Å². The fraction of sp³-hybridized carbons (Fsp3) is 0.312. The molecular weight excluding hydrogens is 367 g/mol. The van der Waals surface area contributed by atoms with E-state index in [0.717, 1.165) is 23.9 Å². The van der Waals surface area contributed by atoms with Crippen LogP contribution in [0.4, 0.5) is 11.5 Å². The van der Waals surface area contributed by atoms with Gasteiger partial charge in [-0.3, -0.25) is 4.79 Å². The predicted octanol–water partition coefficient (Wildman–Crippen LogP) is 4.11. The van der Waals surface area contributed by atoms with E-state index in [1.807, 2.05) is 6.07 Å². The zero-order valence-corrected chi connectivity index (χ0v) is 15.2. The van der Waals surface area contributed by atoms with Crippen molar-refractivity contribution in [3.63, 3.8) is 0 Å². The normalized spacial score (nSPS) is 14.0. The van der Waals surface area contributed by atoms with Crippen molar-refractivity contribution >= 4 is 52.4 Å². The van der Waals surface area contributed by atoms with Gasteiger partial charge in [-0.2, -0.15) is 0 Å². The van der Waals surface area contributed by atoms with Crippen LogP contribution in [-0.2, 0) is 4.79 Å². The Morgan fingerprint density at radius 3 is 2.54 bits per heavy atom. The van der Waals surface area contributed by atoms with E-state index >= 15 is 0 Å². The molecule has 0 spiro atoms. The van der Waals surface area contributed by atoms with Crippen LogP contribution >= 0.6 is 35.0 Å². The van der Waals surface area contributed by atoms with Gasteiger partial charge in [0.05, 0.1) is 5.75 Å². The number of nitrogens with one attached hydrogen (secondary N) is 1. The summed E-state index contributed by atoms with van der Waals surface area (Å²) in [5, 5.41) is 4.53. The molecular formula is C16H16Cl2N4OS. The lowest BCUT2D eigenvalue weighted by Crippen LogP contribution is -2.19. The lowest BCUT2D eigenvalue weighted by Gasteiger charge is -2.16. The number of benzene rings is 1. The quantitative estimate of drug-likeness (QED) is 0.622. The van der Waals surface area contributed by atoms with Crippen molar-refractivity contribution in [2.75, 3.05) is 29.1 Å². The number of aromatic nitrogens is 2. The number of hydrogen-bond donors (Lipinski definition) is 1. The molecule has 126 valence electrons. The SMILES string of the molecule is O=C(CSc1cc(N2CCCC2)ncn1)Nc1cc(Cl)cc(Cl)c1. The van der Waals surface area contributed by atoms with Gasteiger partial charge < -0.3 is 10.2 Å². The second-order valence-electron chi connectivity index (χ2n) is 5.40. The van der Waals surface area contributed by atoms with E-state index in [1.54, 1.807) is 24.5 Å². The predicted molar refractivity (Wildman–Crippen MR) is 99.3 cm³/mol. The highest BCUT2D eigenvalue weighted by Crippen LogP contribution is 2.24. The zero-order chi connectivity index (χ0) is 16.9. The fourth-order valence-corrected chi connectivity index (χ4v) is 3.68. The molecule has 0 radical (unpaired) electrons. The molecule has 0 bridgehead atoms. The van der Waals surface area contributed by atoms with Gasteiger partial charge in [0.15, 0.2) is 0 Å². The van der Waals surface area contributed by atoms with Crippen LogP contribution in [0.5, 0.6) is 0 Å². The first-order chi connectivity index (χ1) is 11.6. The maximum absolute atomic E-state index is 12.1. The third-order valence-corrected chi connectivity index (χ3v) is 4.92. The number of rotatable bonds is 5. The highest BCUT2D eigenvalue weighted by atomic mass is 35.5. The van der Waals surface area contributed by atoms with Crippen molar-refractivity contribution in [3.05, 3.63) is 40.6 Å². The van der Waals surface area contributed by atoms with Crippen molar-refractivity contribution in [1.29, 1.82) is 0 Å². The number of thioether (sulfide) groups is 1. The third kappa shape index (κ3) is 4.75. The van der Waals surface area contributed by atoms with Gasteiger partial charge in [0.25, 0.3) is 0 Å². The Hall–Kier alpha value is -1.50. The lowest BCUT2D eigenvalue weighted by atomic mass is 10.3. The summed E-state index contributed by atoms with van der Waals surface area (Å²) in [6.07, 6.45) is 3.93. The van der Waals surface area contributed by atoms with Gasteiger partial charge in [-0.25, -0.2) is 9.97 Å². The molecule has 1 saturated heterocycles. The van der Waals surface area contributed by atoms with Crippen LogP contribution < -0.4 is 10.2 Å². The molecule has 0 saturated carbocycles. The third-order valence-electron chi connectivity index (χ3n) is 3.56. The summed E-state index contributed by atoms with van der Waals surface area (Å²) in [7, 11) is 0. The molecule has 1 N–H and O–H groups in total. The Balaban J connectivity index is 1.57. The first kappa shape index (κ1) is 17.3. The average Bonchev–Trinajstić information content (AvgIpc) is 3.07. The zero-order valence-electron chi connectivity index (χ0n) is 12.8. The Morgan fingerprint density at radius 2 is 1.83 bits per heavy atom. The van der Waals surface area contributed by atoms with Gasteiger partial charge >= 0.3 is 0 Å². The molecule has 0 atom stereocenters. The minimum atomic E-state index is -0.139. The van der Waals surface area contributed by atoms with E-state index < -0.39 is 0 Å². The molecule has 1 fully saturated rings. The summed E-state index contributed by atoms with van der Waals surface area (Å²) in [5.74, 6) is 1.03. The van der Waals surface area contributed by atoms with E-state index in [2.05, 4.69) is 20.2 Å². The molecule has 8 heteroatoms. The fourth-order valence-electron chi connectivity index (χ4n) is 2.49. The number of amides is 1. The van der Waals surface area contributed by atoms with Gasteiger partial charge in [0.1, 0.15) is 17.2 Å². The molecule has 24 heavy (non-hydrogen) atoms. The number of nitrogens with zero attached hydrogens (tertiary/aromatic N) is 3. The van der Waals surface area contributed by atoms with Crippen LogP contribution in [0.15, 0.2) is 35.6 Å². The van der Waals surface area contributed by atoms with Crippen LogP contribution in [0.2, 0.25) is 10.0 Å². The molecule has 1 aromatic carbocycles. The molecule has 1 aromatic heterocycles. The average molecular weight is 383 g/mol. The maximum Gasteiger partial charge on any atom is 0.234 e. The molecule has 5 nitrogen and oxygen atoms in total. The van der Waals surface area contributed by atoms with Gasteiger partial charge in [-0.15, -0.1) is 0 Å². The molecule has 2 heterocycles. The second kappa shape index (κ2) is 8.05. The number of hydrogen-bond acceptors (Lipinski definition) is 5. The minimum Gasteiger partial charge on any atom is -0.356 e. The number of halogens is 2. The second-order valence-corrected chi connectivity index (χ2v) is 7.27. The maximum atomic E-state index is 12.1. The standard InChI is InChI=1S/C16H16Cl2N4OS/c17-11-5-12(18)7-13(6-11)21-15(23)9-24-16-8-14(19-10-20-16)22-3-1-2-4-22/h5-8,10H,1-4,9H2,(H,21,23). The van der Waals surface area contributed by atoms with Gasteiger partial charge in [-0.1, -0.05) is 35.0 Å². The van der Waals surface area contributed by atoms with Crippen LogP contribution in [-0.4, -0.2) is 34.7 Å². The summed E-state index contributed by atoms with van der Waals surface area (Å²) < 4.78 is 0. The Bertz CT molecular complexity index is 718. The van der Waals surface area contributed by atoms with Crippen LogP contribution in [0, 0.1) is 0 Å². The van der Waals surface area contributed by atoms with E-state index in [1.165, 1.54) is 24.6 Å². The molecule has 1 amide bonds. The van der Waals surface area contributed by atoms with Gasteiger partial charge in [0, 0.05) is 34.9 Å². The highest BCUT2D eigenvalue weighted by Gasteiger charge is 2.14. The van der Waals surface area contributed by atoms with Crippen LogP contribution in [0.3, 0.4) is 0 Å². The minimum absolute atomic E-state index is 0.139. The summed E-state index contributed by atoms with van der Waals surface area (Å²) in [4.78, 5) is 22.8. The lowest BCUT2D eigenvalue weighted by molar-refractivity contribution is -0.113. The molecule has 3 rings (SSSR count). The van der Waals surface area contributed by atoms with Crippen molar-refractivity contribution < 1.29 is 4.79 Å². The first-order valence-corrected chi connectivity index (χ1v) is 9.30.